The van der Waals surface area contributed by atoms with Crippen molar-refractivity contribution in [3.63, 3.8) is 0 Å². The highest BCUT2D eigenvalue weighted by atomic mass is 16.5. The lowest BCUT2D eigenvalue weighted by Gasteiger charge is -2.17. The van der Waals surface area contributed by atoms with Gasteiger partial charge in [0.05, 0.1) is 6.54 Å². The molecule has 0 aliphatic heterocycles. The van der Waals surface area contributed by atoms with Crippen LogP contribution in [0.3, 0.4) is 0 Å². The van der Waals surface area contributed by atoms with Crippen LogP contribution < -0.4 is 0 Å². The molecular weight excluding hydrogens is 420 g/mol. The summed E-state index contributed by atoms with van der Waals surface area (Å²) in [5.74, 6) is -0.191. The Balaban J connectivity index is 1.97. The molecule has 1 aliphatic carbocycles. The molecule has 0 radical (unpaired) electrons. The summed E-state index contributed by atoms with van der Waals surface area (Å²) in [7, 11) is 0. The van der Waals surface area contributed by atoms with Crippen molar-refractivity contribution in [2.45, 2.75) is 174 Å². The first-order valence-corrected chi connectivity index (χ1v) is 15.4. The van der Waals surface area contributed by atoms with Gasteiger partial charge in [-0.3, -0.25) is 0 Å². The maximum atomic E-state index is 12.2. The summed E-state index contributed by atoms with van der Waals surface area (Å²) in [6.07, 6.45) is 32.8. The van der Waals surface area contributed by atoms with Crippen LogP contribution in [0.15, 0.2) is 10.2 Å². The molecule has 0 aromatic rings. The second-order valence-corrected chi connectivity index (χ2v) is 10.6. The van der Waals surface area contributed by atoms with E-state index in [4.69, 9.17) is 4.74 Å². The summed E-state index contributed by atoms with van der Waals surface area (Å²) >= 11 is 0. The second-order valence-electron chi connectivity index (χ2n) is 10.6. The fraction of sp³-hybridized carbons (Fsp3) is 0.967. The normalized spacial score (nSPS) is 17.2. The summed E-state index contributed by atoms with van der Waals surface area (Å²) in [5, 5.41) is 8.31. The van der Waals surface area contributed by atoms with Gasteiger partial charge in [0.15, 0.2) is 6.54 Å². The van der Waals surface area contributed by atoms with Gasteiger partial charge in [-0.05, 0) is 32.1 Å². The number of unbranched alkanes of at least 4 members (excludes halogenated alkanes) is 12. The zero-order chi connectivity index (χ0) is 24.4. The van der Waals surface area contributed by atoms with Gasteiger partial charge in [0, 0.05) is 0 Å². The summed E-state index contributed by atoms with van der Waals surface area (Å²) in [4.78, 5) is 12.2. The van der Waals surface area contributed by atoms with Crippen molar-refractivity contribution in [1.29, 1.82) is 0 Å². The molecule has 1 aliphatic rings. The number of esters is 1. The molecule has 0 unspecified atom stereocenters. The molecule has 0 heterocycles. The molecule has 34 heavy (non-hydrogen) atoms. The van der Waals surface area contributed by atoms with E-state index in [1.54, 1.807) is 0 Å². The van der Waals surface area contributed by atoms with E-state index in [-0.39, 0.29) is 18.6 Å². The molecule has 0 saturated heterocycles. The third-order valence-electron chi connectivity index (χ3n) is 7.26. The predicted molar refractivity (Wildman–Crippen MR) is 146 cm³/mol. The largest absolute Gasteiger partial charge is 0.461 e. The third-order valence-corrected chi connectivity index (χ3v) is 7.26. The van der Waals surface area contributed by atoms with E-state index in [0.29, 0.717) is 0 Å². The molecule has 0 amide bonds. The van der Waals surface area contributed by atoms with Gasteiger partial charge in [-0.25, -0.2) is 4.79 Å². The molecule has 0 N–H and O–H groups in total. The average Bonchev–Trinajstić information content (AvgIpc) is 2.86. The minimum absolute atomic E-state index is 0.0875. The molecule has 4 heteroatoms. The van der Waals surface area contributed by atoms with Crippen molar-refractivity contribution in [3.05, 3.63) is 0 Å². The number of hydrogen-bond acceptors (Lipinski definition) is 4. The van der Waals surface area contributed by atoms with Crippen molar-refractivity contribution < 1.29 is 9.53 Å². The Hall–Kier alpha value is -0.930. The van der Waals surface area contributed by atoms with Gasteiger partial charge in [-0.2, -0.15) is 10.2 Å². The molecule has 0 atom stereocenters. The molecule has 0 aromatic carbocycles. The van der Waals surface area contributed by atoms with Crippen molar-refractivity contribution in [3.8, 4) is 0 Å². The molecule has 1 fully saturated rings. The Morgan fingerprint density at radius 3 is 1.47 bits per heavy atom. The smallest absolute Gasteiger partial charge is 0.329 e. The molecular formula is C30H58N2O2. The van der Waals surface area contributed by atoms with Crippen LogP contribution in [0.1, 0.15) is 167 Å². The van der Waals surface area contributed by atoms with Gasteiger partial charge in [0.1, 0.15) is 6.10 Å². The van der Waals surface area contributed by atoms with E-state index in [2.05, 4.69) is 17.2 Å². The van der Waals surface area contributed by atoms with Crippen molar-refractivity contribution in [1.82, 2.24) is 0 Å². The zero-order valence-corrected chi connectivity index (χ0v) is 22.9. The van der Waals surface area contributed by atoms with E-state index in [0.717, 1.165) is 25.8 Å². The number of hydrogen-bond donors (Lipinski definition) is 0. The maximum absolute atomic E-state index is 12.2. The Morgan fingerprint density at radius 2 is 1.00 bits per heavy atom. The number of azo groups is 1. The topological polar surface area (TPSA) is 51.0 Å². The quantitative estimate of drug-likeness (QED) is 0.119. The van der Waals surface area contributed by atoms with E-state index in [9.17, 15) is 4.79 Å². The van der Waals surface area contributed by atoms with E-state index in [1.807, 2.05) is 0 Å². The average molecular weight is 479 g/mol. The first kappa shape index (κ1) is 31.1. The Labute approximate surface area is 212 Å². The van der Waals surface area contributed by atoms with E-state index >= 15 is 0 Å². The first-order valence-electron chi connectivity index (χ1n) is 15.4. The number of nitrogens with zero attached hydrogens (tertiary/aromatic N) is 2. The SMILES string of the molecule is CCCCCCCCCCCCCCCN=NCC(=O)OC1CCCCCCCCCCCC1. The van der Waals surface area contributed by atoms with Crippen LogP contribution in [0.5, 0.6) is 0 Å². The maximum Gasteiger partial charge on any atom is 0.329 e. The minimum Gasteiger partial charge on any atom is -0.461 e. The Morgan fingerprint density at radius 1 is 0.588 bits per heavy atom. The molecule has 200 valence electrons. The van der Waals surface area contributed by atoms with Crippen LogP contribution in [-0.2, 0) is 9.53 Å². The molecule has 0 bridgehead atoms. The zero-order valence-electron chi connectivity index (χ0n) is 22.9. The Kier molecular flexibility index (Phi) is 23.0. The lowest BCUT2D eigenvalue weighted by atomic mass is 10.0. The van der Waals surface area contributed by atoms with Crippen LogP contribution in [0, 0.1) is 0 Å². The molecule has 4 nitrogen and oxygen atoms in total. The highest BCUT2D eigenvalue weighted by molar-refractivity contribution is 5.71. The van der Waals surface area contributed by atoms with Gasteiger partial charge < -0.3 is 4.74 Å². The van der Waals surface area contributed by atoms with Crippen molar-refractivity contribution in [2.24, 2.45) is 10.2 Å². The standard InChI is InChI=1S/C30H58N2O2/c1-2-3-4-5-6-7-8-9-12-15-18-21-24-27-31-32-28-30(33)34-29-25-22-19-16-13-10-11-14-17-20-23-26-29/h29H,2-28H2,1H3. The number of rotatable bonds is 17. The van der Waals surface area contributed by atoms with Crippen molar-refractivity contribution in [2.75, 3.05) is 13.1 Å². The van der Waals surface area contributed by atoms with Gasteiger partial charge in [0.25, 0.3) is 0 Å². The summed E-state index contributed by atoms with van der Waals surface area (Å²) in [6, 6.07) is 0. The van der Waals surface area contributed by atoms with Gasteiger partial charge in [-0.15, -0.1) is 0 Å². The highest BCUT2D eigenvalue weighted by Gasteiger charge is 2.14. The summed E-state index contributed by atoms with van der Waals surface area (Å²) in [6.45, 7) is 3.12. The number of ether oxygens (including phenoxy) is 1. The number of carbonyl (C=O) groups excluding carboxylic acids is 1. The van der Waals surface area contributed by atoms with Gasteiger partial charge >= 0.3 is 5.97 Å². The third kappa shape index (κ3) is 21.6. The lowest BCUT2D eigenvalue weighted by molar-refractivity contribution is -0.148. The first-order chi connectivity index (χ1) is 16.8. The van der Waals surface area contributed by atoms with E-state index in [1.165, 1.54) is 141 Å². The fourth-order valence-electron chi connectivity index (χ4n) is 5.02. The molecule has 0 spiro atoms. The second kappa shape index (κ2) is 25.2. The monoisotopic (exact) mass is 478 g/mol. The highest BCUT2D eigenvalue weighted by Crippen LogP contribution is 2.19. The van der Waals surface area contributed by atoms with Crippen LogP contribution >= 0.6 is 0 Å². The Bertz CT molecular complexity index is 453. The summed E-state index contributed by atoms with van der Waals surface area (Å²) < 4.78 is 5.76. The lowest BCUT2D eigenvalue weighted by Crippen LogP contribution is -2.20. The minimum atomic E-state index is -0.191. The molecule has 0 aromatic heterocycles. The fourth-order valence-corrected chi connectivity index (χ4v) is 5.02. The van der Waals surface area contributed by atoms with Crippen LogP contribution in [0.4, 0.5) is 0 Å². The van der Waals surface area contributed by atoms with Gasteiger partial charge in [-0.1, -0.05) is 135 Å². The van der Waals surface area contributed by atoms with Crippen LogP contribution in [-0.4, -0.2) is 25.2 Å². The van der Waals surface area contributed by atoms with Crippen LogP contribution in [0.25, 0.3) is 0 Å². The van der Waals surface area contributed by atoms with Gasteiger partial charge in [0.2, 0.25) is 0 Å². The van der Waals surface area contributed by atoms with E-state index < -0.39 is 0 Å². The molecule has 1 saturated carbocycles. The predicted octanol–water partition coefficient (Wildman–Crippen LogP) is 10.1. The van der Waals surface area contributed by atoms with Crippen LogP contribution in [0.2, 0.25) is 0 Å². The summed E-state index contributed by atoms with van der Waals surface area (Å²) in [5.41, 5.74) is 0. The molecule has 1 rings (SSSR count). The number of carbonyl (C=O) groups is 1. The van der Waals surface area contributed by atoms with Crippen molar-refractivity contribution >= 4 is 5.97 Å².